The molecule has 6 rings (SSSR count). The van der Waals surface area contributed by atoms with Gasteiger partial charge in [-0.1, -0.05) is 59.6 Å². The van der Waals surface area contributed by atoms with Crippen molar-refractivity contribution in [2.45, 2.75) is 66.2 Å². The van der Waals surface area contributed by atoms with Crippen molar-refractivity contribution in [2.75, 3.05) is 25.4 Å². The Balaban J connectivity index is 1.17. The van der Waals surface area contributed by atoms with Crippen molar-refractivity contribution in [1.29, 1.82) is 10.5 Å². The van der Waals surface area contributed by atoms with Crippen molar-refractivity contribution in [3.05, 3.63) is 163 Å². The van der Waals surface area contributed by atoms with Gasteiger partial charge in [-0.3, -0.25) is 19.1 Å². The number of hydrogen-bond donors (Lipinski definition) is 6. The molecule has 4 aromatic carbocycles. The molecule has 6 N–H and O–H groups in total. The summed E-state index contributed by atoms with van der Waals surface area (Å²) in [5.74, 6) is 1.70. The van der Waals surface area contributed by atoms with Crippen LogP contribution in [0.15, 0.2) is 97.6 Å². The molecule has 0 amide bonds. The number of pyridine rings is 2. The Morgan fingerprint density at radius 2 is 0.957 bits per heavy atom. The average Bonchev–Trinajstić information content (AvgIpc) is 3.32. The van der Waals surface area contributed by atoms with E-state index in [2.05, 4.69) is 32.7 Å². The molecule has 0 spiro atoms. The maximum absolute atomic E-state index is 11.3. The van der Waals surface area contributed by atoms with E-state index in [1.54, 1.807) is 48.8 Å². The van der Waals surface area contributed by atoms with E-state index in [9.17, 15) is 39.2 Å². The molecule has 0 unspecified atom stereocenters. The molecule has 2 aromatic heterocycles. The summed E-state index contributed by atoms with van der Waals surface area (Å²) in [7, 11) is -8.23. The molecular weight excluding hydrogens is 977 g/mol. The number of nitrogens with zero attached hydrogens (tertiary/aromatic N) is 4. The fourth-order valence-corrected chi connectivity index (χ4v) is 8.96. The van der Waals surface area contributed by atoms with E-state index in [-0.39, 0.29) is 51.6 Å². The van der Waals surface area contributed by atoms with Crippen LogP contribution in [0.2, 0.25) is 10.0 Å². The molecule has 0 aliphatic carbocycles. The van der Waals surface area contributed by atoms with Gasteiger partial charge in [-0.15, -0.1) is 0 Å². The zero-order valence-corrected chi connectivity index (χ0v) is 41.7. The van der Waals surface area contributed by atoms with E-state index >= 15 is 0 Å². The summed E-state index contributed by atoms with van der Waals surface area (Å²) in [4.78, 5) is 45.2. The van der Waals surface area contributed by atoms with E-state index in [1.807, 2.05) is 50.2 Å². The monoisotopic (exact) mass is 1030 g/mol. The first kappa shape index (κ1) is 53.5. The highest BCUT2D eigenvalue weighted by atomic mass is 35.5. The molecule has 2 heterocycles. The molecule has 0 bridgehead atoms. The zero-order chi connectivity index (χ0) is 50.3. The molecule has 366 valence electrons. The van der Waals surface area contributed by atoms with Gasteiger partial charge in [-0.2, -0.15) is 10.5 Å². The number of ether oxygens (including phenoxy) is 4. The molecule has 20 heteroatoms. The van der Waals surface area contributed by atoms with Gasteiger partial charge in [0, 0.05) is 72.3 Å². The Hall–Kier alpha value is -5.84. The third-order valence-electron chi connectivity index (χ3n) is 11.1. The van der Waals surface area contributed by atoms with Crippen molar-refractivity contribution >= 4 is 38.4 Å². The number of nitrogens with one attached hydrogen (secondary N) is 2. The lowest BCUT2D eigenvalue weighted by Crippen LogP contribution is -2.16. The molecular formula is C50H52Cl2N6O10P2. The highest BCUT2D eigenvalue weighted by molar-refractivity contribution is 7.52. The van der Waals surface area contributed by atoms with Crippen LogP contribution in [0.4, 0.5) is 0 Å². The van der Waals surface area contributed by atoms with E-state index in [4.69, 9.17) is 42.1 Å². The third-order valence-corrected chi connectivity index (χ3v) is 13.4. The van der Waals surface area contributed by atoms with Crippen LogP contribution in [-0.2, 0) is 48.6 Å². The topological polar surface area (TPSA) is 249 Å². The summed E-state index contributed by atoms with van der Waals surface area (Å²) in [5.41, 5.74) is 9.35. The summed E-state index contributed by atoms with van der Waals surface area (Å²) in [5, 5.41) is 25.8. The number of hydrogen-bond acceptors (Lipinski definition) is 12. The van der Waals surface area contributed by atoms with Gasteiger partial charge in [0.2, 0.25) is 0 Å². The van der Waals surface area contributed by atoms with E-state index in [0.29, 0.717) is 92.6 Å². The minimum atomic E-state index is -4.12. The Labute approximate surface area is 416 Å². The van der Waals surface area contributed by atoms with Gasteiger partial charge in [0.1, 0.15) is 61.6 Å². The Bertz CT molecular complexity index is 2780. The highest BCUT2D eigenvalue weighted by Crippen LogP contribution is 2.39. The first-order chi connectivity index (χ1) is 33.5. The summed E-state index contributed by atoms with van der Waals surface area (Å²) in [6.07, 6.45) is 6.23. The van der Waals surface area contributed by atoms with Crippen molar-refractivity contribution in [3.63, 3.8) is 0 Å². The van der Waals surface area contributed by atoms with Gasteiger partial charge in [0.05, 0.1) is 33.5 Å². The third kappa shape index (κ3) is 16.1. The van der Waals surface area contributed by atoms with Crippen LogP contribution < -0.4 is 29.6 Å². The van der Waals surface area contributed by atoms with E-state index in [0.717, 1.165) is 33.4 Å². The summed E-state index contributed by atoms with van der Waals surface area (Å²) < 4.78 is 47.8. The predicted octanol–water partition coefficient (Wildman–Crippen LogP) is 9.44. The normalized spacial score (nSPS) is 11.5. The number of rotatable bonds is 25. The van der Waals surface area contributed by atoms with Crippen LogP contribution in [0.5, 0.6) is 23.0 Å². The molecule has 6 aromatic rings. The van der Waals surface area contributed by atoms with E-state index < -0.39 is 15.2 Å². The largest absolute Gasteiger partial charge is 0.488 e. The van der Waals surface area contributed by atoms with Crippen LogP contribution in [0.25, 0.3) is 11.1 Å². The van der Waals surface area contributed by atoms with Crippen molar-refractivity contribution in [3.8, 4) is 46.3 Å². The van der Waals surface area contributed by atoms with Gasteiger partial charge >= 0.3 is 15.2 Å². The molecule has 70 heavy (non-hydrogen) atoms. The average molecular weight is 1030 g/mol. The van der Waals surface area contributed by atoms with Crippen molar-refractivity contribution in [2.24, 2.45) is 0 Å². The molecule has 0 saturated heterocycles. The first-order valence-electron chi connectivity index (χ1n) is 22.0. The standard InChI is InChI=1S/C50H52Cl2N6O10P2/c1-33-39(31-67-49-19-47(65-29-37-15-35(21-53)23-57-25-37)41(17-45(49)51)27-55-11-5-13-69(59,60)61)7-3-9-43(33)44-10-4-8-40(34(44)2)32-68-50-20-48(66-30-38-16-36(22-54)24-58-26-38)42(18-46(50)52)28-56-12-6-14-70(62,63)64/h3-4,7-10,15-20,23-26,55-56H,5-6,11-14,27-32H2,1-2H3,(H2,59,60,61)(H2,62,63,64). The van der Waals surface area contributed by atoms with Crippen molar-refractivity contribution < 1.29 is 47.7 Å². The summed E-state index contributed by atoms with van der Waals surface area (Å²) in [6, 6.07) is 26.4. The SMILES string of the molecule is Cc1c(COc2cc(OCc3cncc(C#N)c3)c(CNCCCP(=O)(O)O)cc2Cl)cccc1-c1cccc(COc2cc(OCc3cncc(C#N)c3)c(CNCCCP(=O)(O)O)cc2Cl)c1C. The van der Waals surface area contributed by atoms with Gasteiger partial charge < -0.3 is 49.2 Å². The quantitative estimate of drug-likeness (QED) is 0.0231. The zero-order valence-electron chi connectivity index (χ0n) is 38.4. The Morgan fingerprint density at radius 1 is 0.557 bits per heavy atom. The van der Waals surface area contributed by atoms with Gasteiger partial charge in [-0.05, 0) is 97.4 Å². The minimum absolute atomic E-state index is 0.109. The predicted molar refractivity (Wildman–Crippen MR) is 266 cm³/mol. The fraction of sp³-hybridized carbons (Fsp3) is 0.280. The van der Waals surface area contributed by atoms with Gasteiger partial charge in [0.25, 0.3) is 0 Å². The fourth-order valence-electron chi connectivity index (χ4n) is 7.34. The van der Waals surface area contributed by atoms with Gasteiger partial charge in [0.15, 0.2) is 0 Å². The molecule has 0 atom stereocenters. The highest BCUT2D eigenvalue weighted by Gasteiger charge is 2.18. The Kier molecular flexibility index (Phi) is 19.4. The maximum Gasteiger partial charge on any atom is 0.325 e. The first-order valence-corrected chi connectivity index (χ1v) is 26.4. The Morgan fingerprint density at radius 3 is 1.34 bits per heavy atom. The lowest BCUT2D eigenvalue weighted by Gasteiger charge is -2.19. The molecule has 0 saturated carbocycles. The van der Waals surface area contributed by atoms with Crippen molar-refractivity contribution in [1.82, 2.24) is 20.6 Å². The number of halogens is 2. The molecule has 0 radical (unpaired) electrons. The van der Waals surface area contributed by atoms with Crippen LogP contribution in [0.3, 0.4) is 0 Å². The molecule has 0 aliphatic heterocycles. The second-order valence-electron chi connectivity index (χ2n) is 16.3. The van der Waals surface area contributed by atoms with E-state index in [1.165, 1.54) is 12.4 Å². The number of aromatic nitrogens is 2. The van der Waals surface area contributed by atoms with Crippen LogP contribution >= 0.6 is 38.4 Å². The number of benzene rings is 4. The van der Waals surface area contributed by atoms with Crippen LogP contribution in [0, 0.1) is 36.5 Å². The smallest absolute Gasteiger partial charge is 0.325 e. The van der Waals surface area contributed by atoms with Crippen LogP contribution in [-0.4, -0.2) is 55.0 Å². The lowest BCUT2D eigenvalue weighted by atomic mass is 9.92. The molecule has 0 aliphatic rings. The minimum Gasteiger partial charge on any atom is -0.488 e. The summed E-state index contributed by atoms with van der Waals surface area (Å²) >= 11 is 13.6. The second kappa shape index (κ2) is 25.3. The van der Waals surface area contributed by atoms with Crippen LogP contribution in [0.1, 0.15) is 68.5 Å². The molecule has 0 fully saturated rings. The van der Waals surface area contributed by atoms with Gasteiger partial charge in [-0.25, -0.2) is 0 Å². The summed E-state index contributed by atoms with van der Waals surface area (Å²) in [6.45, 7) is 5.94. The second-order valence-corrected chi connectivity index (χ2v) is 20.7. The maximum atomic E-state index is 11.3. The number of nitriles is 2. The molecule has 16 nitrogen and oxygen atoms in total. The lowest BCUT2D eigenvalue weighted by molar-refractivity contribution is 0.286.